The molecule has 3 fully saturated rings. The number of fused-ring (bicyclic) bond motifs is 5. The maximum absolute atomic E-state index is 12.4. The molecule has 0 spiro atoms. The lowest BCUT2D eigenvalue weighted by atomic mass is 9.46. The minimum Gasteiger partial charge on any atom is -0.299 e. The quantitative estimate of drug-likeness (QED) is 0.431. The number of hydrogen-bond donors (Lipinski definition) is 0. The van der Waals surface area contributed by atoms with E-state index in [2.05, 4.69) is 47.6 Å². The third-order valence-corrected chi connectivity index (χ3v) is 10.6. The molecule has 1 nitrogen and oxygen atoms in total. The van der Waals surface area contributed by atoms with Crippen molar-refractivity contribution < 1.29 is 4.79 Å². The smallest absolute Gasteiger partial charge is 0.136 e. The van der Waals surface area contributed by atoms with E-state index < -0.39 is 0 Å². The zero-order chi connectivity index (χ0) is 21.0. The fourth-order valence-corrected chi connectivity index (χ4v) is 8.78. The van der Waals surface area contributed by atoms with Gasteiger partial charge in [0.1, 0.15) is 5.78 Å². The van der Waals surface area contributed by atoms with Crippen molar-refractivity contribution in [2.24, 2.45) is 52.3 Å². The van der Waals surface area contributed by atoms with Gasteiger partial charge in [-0.1, -0.05) is 72.5 Å². The zero-order valence-corrected chi connectivity index (χ0v) is 20.1. The summed E-state index contributed by atoms with van der Waals surface area (Å²) < 4.78 is 0. The Morgan fingerprint density at radius 3 is 2.45 bits per heavy atom. The lowest BCUT2D eigenvalue weighted by Gasteiger charge is -2.58. The molecule has 0 aromatic rings. The van der Waals surface area contributed by atoms with Crippen molar-refractivity contribution >= 4 is 5.78 Å². The number of hydrogen-bond acceptors (Lipinski definition) is 1. The number of Topliss-reactive ketones (excluding diaryl/α,β-unsaturated/α-hetero) is 1. The van der Waals surface area contributed by atoms with Crippen molar-refractivity contribution in [3.63, 3.8) is 0 Å². The van der Waals surface area contributed by atoms with Crippen LogP contribution in [-0.2, 0) is 4.79 Å². The van der Waals surface area contributed by atoms with Crippen LogP contribution in [0.1, 0.15) is 106 Å². The Kier molecular flexibility index (Phi) is 5.84. The second-order valence-electron chi connectivity index (χ2n) is 12.4. The molecule has 29 heavy (non-hydrogen) atoms. The molecule has 0 aliphatic heterocycles. The highest BCUT2D eigenvalue weighted by molar-refractivity contribution is 5.82. The van der Waals surface area contributed by atoms with Crippen LogP contribution in [0.25, 0.3) is 0 Å². The van der Waals surface area contributed by atoms with E-state index in [4.69, 9.17) is 0 Å². The number of rotatable bonds is 5. The molecule has 0 bridgehead atoms. The van der Waals surface area contributed by atoms with Crippen LogP contribution < -0.4 is 0 Å². The van der Waals surface area contributed by atoms with E-state index in [1.807, 2.05) is 5.57 Å². The first kappa shape index (κ1) is 21.6. The largest absolute Gasteiger partial charge is 0.299 e. The second-order valence-corrected chi connectivity index (χ2v) is 12.4. The fourth-order valence-electron chi connectivity index (χ4n) is 8.78. The molecule has 0 aromatic carbocycles. The van der Waals surface area contributed by atoms with Crippen LogP contribution in [0.4, 0.5) is 0 Å². The van der Waals surface area contributed by atoms with E-state index in [1.165, 1.54) is 44.9 Å². The van der Waals surface area contributed by atoms with Crippen molar-refractivity contribution in [2.45, 2.75) is 106 Å². The molecule has 0 radical (unpaired) electrons. The van der Waals surface area contributed by atoms with E-state index in [0.717, 1.165) is 48.9 Å². The Morgan fingerprint density at radius 1 is 1.00 bits per heavy atom. The Hall–Kier alpha value is -0.590. The third-order valence-electron chi connectivity index (χ3n) is 10.6. The first-order valence-corrected chi connectivity index (χ1v) is 12.9. The van der Waals surface area contributed by atoms with Gasteiger partial charge in [0.15, 0.2) is 0 Å². The zero-order valence-electron chi connectivity index (χ0n) is 20.1. The van der Waals surface area contributed by atoms with Crippen LogP contribution in [0, 0.1) is 52.3 Å². The Labute approximate surface area is 180 Å². The highest BCUT2D eigenvalue weighted by Gasteiger charge is 2.59. The number of carbonyl (C=O) groups excluding carboxylic acids is 1. The molecule has 4 rings (SSSR count). The predicted molar refractivity (Wildman–Crippen MR) is 123 cm³/mol. The molecule has 164 valence electrons. The Morgan fingerprint density at radius 2 is 1.72 bits per heavy atom. The van der Waals surface area contributed by atoms with Crippen molar-refractivity contribution in [1.82, 2.24) is 0 Å². The van der Waals surface area contributed by atoms with Gasteiger partial charge in [0.2, 0.25) is 0 Å². The summed E-state index contributed by atoms with van der Waals surface area (Å²) in [5, 5.41) is 0. The molecule has 0 N–H and O–H groups in total. The highest BCUT2D eigenvalue weighted by atomic mass is 16.1. The molecule has 4 aliphatic rings. The fraction of sp³-hybridized carbons (Fsp3) is 0.893. The van der Waals surface area contributed by atoms with Crippen LogP contribution in [0.15, 0.2) is 11.6 Å². The number of ketones is 1. The first-order valence-electron chi connectivity index (χ1n) is 12.9. The maximum atomic E-state index is 12.4. The van der Waals surface area contributed by atoms with Crippen molar-refractivity contribution in [3.8, 4) is 0 Å². The predicted octanol–water partition coefficient (Wildman–Crippen LogP) is 7.84. The topological polar surface area (TPSA) is 17.1 Å². The Balaban J connectivity index is 1.53. The van der Waals surface area contributed by atoms with Gasteiger partial charge in [0, 0.05) is 12.3 Å². The molecule has 0 amide bonds. The van der Waals surface area contributed by atoms with Crippen molar-refractivity contribution in [3.05, 3.63) is 11.6 Å². The van der Waals surface area contributed by atoms with E-state index in [1.54, 1.807) is 0 Å². The molecule has 8 atom stereocenters. The van der Waals surface area contributed by atoms with E-state index >= 15 is 0 Å². The molecular weight excluding hydrogens is 352 g/mol. The lowest BCUT2D eigenvalue weighted by Crippen LogP contribution is -2.51. The standard InChI is InChI=1S/C28H46O/c1-18(2)8-7-9-19(3)22-12-13-24-21-10-11-23-20(4)26(29)15-17-28(23,6)25(21)14-16-27(22,24)5/h10,18-20,22-25H,7-9,11-17H2,1-6H3/t19?,20?,22?,23-,24?,25?,27?,28?/m0/s1. The SMILES string of the molecule is CC(C)CCCC(C)C1CCC2C3=CC[C@H]4C(C)C(=O)CCC4(C)C3CCC21C. The van der Waals surface area contributed by atoms with Gasteiger partial charge in [-0.15, -0.1) is 0 Å². The summed E-state index contributed by atoms with van der Waals surface area (Å²) in [4.78, 5) is 12.4. The van der Waals surface area contributed by atoms with Gasteiger partial charge in [-0.2, -0.15) is 0 Å². The van der Waals surface area contributed by atoms with Gasteiger partial charge in [0.05, 0.1) is 0 Å². The summed E-state index contributed by atoms with van der Waals surface area (Å²) in [6.07, 6.45) is 15.7. The number of allylic oxidation sites excluding steroid dienone is 2. The van der Waals surface area contributed by atoms with E-state index in [0.29, 0.717) is 22.5 Å². The van der Waals surface area contributed by atoms with Gasteiger partial charge in [-0.25, -0.2) is 0 Å². The van der Waals surface area contributed by atoms with Crippen molar-refractivity contribution in [1.29, 1.82) is 0 Å². The van der Waals surface area contributed by atoms with Crippen LogP contribution in [0.5, 0.6) is 0 Å². The Bertz CT molecular complexity index is 659. The molecule has 3 saturated carbocycles. The van der Waals surface area contributed by atoms with Crippen LogP contribution in [-0.4, -0.2) is 5.78 Å². The summed E-state index contributed by atoms with van der Waals surface area (Å²) >= 11 is 0. The van der Waals surface area contributed by atoms with E-state index in [-0.39, 0.29) is 5.92 Å². The average molecular weight is 399 g/mol. The number of carbonyl (C=O) groups is 1. The molecule has 0 saturated heterocycles. The lowest BCUT2D eigenvalue weighted by molar-refractivity contribution is -0.134. The summed E-state index contributed by atoms with van der Waals surface area (Å²) in [6.45, 7) is 14.7. The molecule has 0 heterocycles. The molecular formula is C28H46O. The van der Waals surface area contributed by atoms with Gasteiger partial charge < -0.3 is 0 Å². The second kappa shape index (κ2) is 7.83. The molecule has 0 aromatic heterocycles. The van der Waals surface area contributed by atoms with Crippen LogP contribution in [0.2, 0.25) is 0 Å². The summed E-state index contributed by atoms with van der Waals surface area (Å²) in [7, 11) is 0. The molecule has 7 unspecified atom stereocenters. The van der Waals surface area contributed by atoms with Crippen molar-refractivity contribution in [2.75, 3.05) is 0 Å². The molecule has 4 aliphatic carbocycles. The molecule has 1 heteroatoms. The maximum Gasteiger partial charge on any atom is 0.136 e. The van der Waals surface area contributed by atoms with Gasteiger partial charge >= 0.3 is 0 Å². The summed E-state index contributed by atoms with van der Waals surface area (Å²) in [5.74, 6) is 5.61. The third kappa shape index (κ3) is 3.47. The normalized spacial score (nSPS) is 45.4. The summed E-state index contributed by atoms with van der Waals surface area (Å²) in [5.41, 5.74) is 2.74. The summed E-state index contributed by atoms with van der Waals surface area (Å²) in [6, 6.07) is 0. The van der Waals surface area contributed by atoms with Crippen LogP contribution in [0.3, 0.4) is 0 Å². The van der Waals surface area contributed by atoms with Crippen LogP contribution >= 0.6 is 0 Å². The highest BCUT2D eigenvalue weighted by Crippen LogP contribution is 2.67. The van der Waals surface area contributed by atoms with Gasteiger partial charge in [0.25, 0.3) is 0 Å². The minimum atomic E-state index is 0.275. The monoisotopic (exact) mass is 398 g/mol. The first-order chi connectivity index (χ1) is 13.7. The van der Waals surface area contributed by atoms with E-state index in [9.17, 15) is 4.79 Å². The van der Waals surface area contributed by atoms with Gasteiger partial charge in [-0.3, -0.25) is 4.79 Å². The minimum absolute atomic E-state index is 0.275. The average Bonchev–Trinajstić information content (AvgIpc) is 3.02. The van der Waals surface area contributed by atoms with Gasteiger partial charge in [-0.05, 0) is 84.9 Å².